The summed E-state index contributed by atoms with van der Waals surface area (Å²) in [4.78, 5) is 14.2. The number of morpholine rings is 1. The van der Waals surface area contributed by atoms with Crippen molar-refractivity contribution in [3.05, 3.63) is 33.3 Å². The average Bonchev–Trinajstić information content (AvgIpc) is 2.43. The van der Waals surface area contributed by atoms with Crippen LogP contribution < -0.4 is 5.32 Å². The molecule has 6 heteroatoms. The molecule has 0 spiro atoms. The number of rotatable bonds is 4. The van der Waals surface area contributed by atoms with E-state index in [2.05, 4.69) is 26.1 Å². The van der Waals surface area contributed by atoms with Crippen LogP contribution in [0.5, 0.6) is 0 Å². The Balaban J connectivity index is 2.10. The van der Waals surface area contributed by atoms with Crippen LogP contribution in [0.25, 0.3) is 0 Å². The lowest BCUT2D eigenvalue weighted by atomic mass is 10.1. The molecular weight excluding hydrogens is 344 g/mol. The summed E-state index contributed by atoms with van der Waals surface area (Å²) >= 11 is 9.64. The molecule has 1 amide bonds. The fourth-order valence-corrected chi connectivity index (χ4v) is 2.96. The van der Waals surface area contributed by atoms with Gasteiger partial charge in [0.2, 0.25) is 5.91 Å². The van der Waals surface area contributed by atoms with Crippen LogP contribution in [0.3, 0.4) is 0 Å². The van der Waals surface area contributed by atoms with Crippen molar-refractivity contribution in [3.63, 3.8) is 0 Å². The number of nitrogens with one attached hydrogen (secondary N) is 1. The van der Waals surface area contributed by atoms with Crippen molar-refractivity contribution in [2.75, 3.05) is 26.3 Å². The van der Waals surface area contributed by atoms with Crippen molar-refractivity contribution in [1.29, 1.82) is 0 Å². The van der Waals surface area contributed by atoms with Crippen molar-refractivity contribution < 1.29 is 9.53 Å². The molecule has 1 aliphatic heterocycles. The van der Waals surface area contributed by atoms with Gasteiger partial charge in [0.25, 0.3) is 0 Å². The highest BCUT2D eigenvalue weighted by atomic mass is 79.9. The van der Waals surface area contributed by atoms with E-state index in [1.165, 1.54) is 0 Å². The number of amides is 1. The van der Waals surface area contributed by atoms with Gasteiger partial charge in [0, 0.05) is 29.1 Å². The fraction of sp³-hybridized carbons (Fsp3) is 0.500. The Hall–Kier alpha value is -0.620. The molecule has 1 aromatic rings. The lowest BCUT2D eigenvalue weighted by Gasteiger charge is -2.34. The second-order valence-corrected chi connectivity index (χ2v) is 6.01. The second-order valence-electron chi connectivity index (χ2n) is 4.69. The summed E-state index contributed by atoms with van der Waals surface area (Å²) in [6.07, 6.45) is 0. The largest absolute Gasteiger partial charge is 0.378 e. The van der Waals surface area contributed by atoms with Crippen LogP contribution >= 0.6 is 27.5 Å². The highest BCUT2D eigenvalue weighted by Crippen LogP contribution is 2.24. The number of benzene rings is 1. The molecule has 2 rings (SSSR count). The first-order valence-electron chi connectivity index (χ1n) is 6.65. The zero-order chi connectivity index (χ0) is 14.5. The molecule has 1 unspecified atom stereocenters. The molecule has 0 bridgehead atoms. The Morgan fingerprint density at radius 1 is 1.60 bits per heavy atom. The van der Waals surface area contributed by atoms with E-state index in [9.17, 15) is 4.79 Å². The maximum absolute atomic E-state index is 12.1. The Morgan fingerprint density at radius 3 is 3.10 bits per heavy atom. The van der Waals surface area contributed by atoms with Gasteiger partial charge >= 0.3 is 0 Å². The summed E-state index contributed by atoms with van der Waals surface area (Å²) in [5.74, 6) is 0.0143. The van der Waals surface area contributed by atoms with Gasteiger partial charge in [0.15, 0.2) is 0 Å². The summed E-state index contributed by atoms with van der Waals surface area (Å²) in [5.41, 5.74) is 1.02. The third-order valence-corrected chi connectivity index (χ3v) is 4.13. The molecular formula is C14H18BrClN2O2. The number of hydrogen-bond donors (Lipinski definition) is 1. The minimum Gasteiger partial charge on any atom is -0.378 e. The summed E-state index contributed by atoms with van der Waals surface area (Å²) < 4.78 is 6.38. The fourth-order valence-electron chi connectivity index (χ4n) is 2.23. The molecule has 1 heterocycles. The predicted molar refractivity (Wildman–Crippen MR) is 82.9 cm³/mol. The number of likely N-dealkylation sites (N-methyl/N-ethyl adjacent to an activating group) is 1. The van der Waals surface area contributed by atoms with Crippen LogP contribution in [0.2, 0.25) is 5.02 Å². The van der Waals surface area contributed by atoms with Gasteiger partial charge < -0.3 is 10.1 Å². The standard InChI is InChI=1S/C14H18BrClN2O2/c1-2-17-14(19)13-9-20-6-5-18(13)8-10-3-4-11(15)7-12(10)16/h3-4,7,13H,2,5-6,8-9H2,1H3,(H,17,19). The van der Waals surface area contributed by atoms with E-state index < -0.39 is 0 Å². The minimum absolute atomic E-state index is 0.0143. The van der Waals surface area contributed by atoms with E-state index in [1.807, 2.05) is 25.1 Å². The lowest BCUT2D eigenvalue weighted by molar-refractivity contribution is -0.132. The van der Waals surface area contributed by atoms with Crippen LogP contribution in [0.1, 0.15) is 12.5 Å². The summed E-state index contributed by atoms with van der Waals surface area (Å²) in [5, 5.41) is 3.56. The molecule has 1 aliphatic rings. The normalized spacial score (nSPS) is 19.9. The molecule has 0 aromatic heterocycles. The summed E-state index contributed by atoms with van der Waals surface area (Å²) in [6, 6.07) is 5.57. The lowest BCUT2D eigenvalue weighted by Crippen LogP contribution is -2.53. The molecule has 0 radical (unpaired) electrons. The Bertz CT molecular complexity index is 484. The number of nitrogens with zero attached hydrogens (tertiary/aromatic N) is 1. The third kappa shape index (κ3) is 3.95. The zero-order valence-electron chi connectivity index (χ0n) is 11.4. The topological polar surface area (TPSA) is 41.6 Å². The average molecular weight is 362 g/mol. The minimum atomic E-state index is -0.247. The first-order chi connectivity index (χ1) is 9.61. The third-order valence-electron chi connectivity index (χ3n) is 3.28. The molecule has 1 N–H and O–H groups in total. The maximum atomic E-state index is 12.1. The van der Waals surface area contributed by atoms with Gasteiger partial charge in [-0.2, -0.15) is 0 Å². The van der Waals surface area contributed by atoms with Crippen molar-refractivity contribution >= 4 is 33.4 Å². The first kappa shape index (κ1) is 15.8. The van der Waals surface area contributed by atoms with Gasteiger partial charge in [0.05, 0.1) is 13.2 Å². The Labute approximate surface area is 132 Å². The van der Waals surface area contributed by atoms with Gasteiger partial charge in [0.1, 0.15) is 6.04 Å². The number of ether oxygens (including phenoxy) is 1. The molecule has 1 saturated heterocycles. The van der Waals surface area contributed by atoms with Crippen LogP contribution in [0, 0.1) is 0 Å². The van der Waals surface area contributed by atoms with Crippen molar-refractivity contribution in [1.82, 2.24) is 10.2 Å². The van der Waals surface area contributed by atoms with E-state index in [4.69, 9.17) is 16.3 Å². The van der Waals surface area contributed by atoms with E-state index in [0.29, 0.717) is 31.3 Å². The molecule has 0 aliphatic carbocycles. The van der Waals surface area contributed by atoms with E-state index in [-0.39, 0.29) is 11.9 Å². The summed E-state index contributed by atoms with van der Waals surface area (Å²) in [6.45, 7) is 5.00. The SMILES string of the molecule is CCNC(=O)C1COCCN1Cc1ccc(Br)cc1Cl. The molecule has 1 fully saturated rings. The van der Waals surface area contributed by atoms with Crippen molar-refractivity contribution in [2.45, 2.75) is 19.5 Å². The number of halogens is 2. The second kappa shape index (κ2) is 7.41. The van der Waals surface area contributed by atoms with Crippen molar-refractivity contribution in [2.24, 2.45) is 0 Å². The van der Waals surface area contributed by atoms with Crippen LogP contribution in [-0.4, -0.2) is 43.2 Å². The molecule has 1 atom stereocenters. The van der Waals surface area contributed by atoms with Gasteiger partial charge in [-0.1, -0.05) is 33.6 Å². The van der Waals surface area contributed by atoms with E-state index >= 15 is 0 Å². The van der Waals surface area contributed by atoms with Gasteiger partial charge in [-0.05, 0) is 24.6 Å². The number of hydrogen-bond acceptors (Lipinski definition) is 3. The van der Waals surface area contributed by atoms with Crippen molar-refractivity contribution in [3.8, 4) is 0 Å². The molecule has 0 saturated carbocycles. The predicted octanol–water partition coefficient (Wildman–Crippen LogP) is 2.44. The highest BCUT2D eigenvalue weighted by molar-refractivity contribution is 9.10. The molecule has 4 nitrogen and oxygen atoms in total. The maximum Gasteiger partial charge on any atom is 0.239 e. The van der Waals surface area contributed by atoms with Gasteiger partial charge in [-0.3, -0.25) is 9.69 Å². The molecule has 1 aromatic carbocycles. The van der Waals surface area contributed by atoms with E-state index in [0.717, 1.165) is 16.6 Å². The van der Waals surface area contributed by atoms with Gasteiger partial charge in [-0.25, -0.2) is 0 Å². The van der Waals surface area contributed by atoms with Crippen LogP contribution in [0.4, 0.5) is 0 Å². The summed E-state index contributed by atoms with van der Waals surface area (Å²) in [7, 11) is 0. The van der Waals surface area contributed by atoms with Crippen LogP contribution in [-0.2, 0) is 16.1 Å². The highest BCUT2D eigenvalue weighted by Gasteiger charge is 2.29. The Kier molecular flexibility index (Phi) is 5.84. The van der Waals surface area contributed by atoms with E-state index in [1.54, 1.807) is 0 Å². The quantitative estimate of drug-likeness (QED) is 0.895. The first-order valence-corrected chi connectivity index (χ1v) is 7.82. The van der Waals surface area contributed by atoms with Crippen LogP contribution in [0.15, 0.2) is 22.7 Å². The molecule has 110 valence electrons. The number of carbonyl (C=O) groups is 1. The number of carbonyl (C=O) groups excluding carboxylic acids is 1. The smallest absolute Gasteiger partial charge is 0.239 e. The monoisotopic (exact) mass is 360 g/mol. The zero-order valence-corrected chi connectivity index (χ0v) is 13.7. The molecule has 20 heavy (non-hydrogen) atoms. The van der Waals surface area contributed by atoms with Gasteiger partial charge in [-0.15, -0.1) is 0 Å². The Morgan fingerprint density at radius 2 is 2.40 bits per heavy atom.